The van der Waals surface area contributed by atoms with Gasteiger partial charge in [0, 0.05) is 24.1 Å². The Bertz CT molecular complexity index is 923. The molecule has 1 amide bonds. The molecule has 0 saturated carbocycles. The Balaban J connectivity index is 1.30. The van der Waals surface area contributed by atoms with Crippen molar-refractivity contribution in [3.05, 3.63) is 48.0 Å². The SMILES string of the molecule is COc1ccccc1-c1ccc2c(c1)OCCC2NC(=O)O[C@H]1CN2CCC1CC2. The summed E-state index contributed by atoms with van der Waals surface area (Å²) in [6.07, 6.45) is 2.68. The average Bonchev–Trinajstić information content (AvgIpc) is 2.79. The van der Waals surface area contributed by atoms with Gasteiger partial charge >= 0.3 is 6.09 Å². The smallest absolute Gasteiger partial charge is 0.407 e. The molecule has 4 aliphatic rings. The van der Waals surface area contributed by atoms with Gasteiger partial charge in [-0.1, -0.05) is 30.3 Å². The van der Waals surface area contributed by atoms with Crippen molar-refractivity contribution in [1.29, 1.82) is 0 Å². The molecule has 3 fully saturated rings. The van der Waals surface area contributed by atoms with Crippen LogP contribution in [-0.4, -0.2) is 50.4 Å². The lowest BCUT2D eigenvalue weighted by atomic mass is 9.86. The number of alkyl carbamates (subject to hydrolysis) is 1. The van der Waals surface area contributed by atoms with Crippen LogP contribution in [-0.2, 0) is 4.74 Å². The van der Waals surface area contributed by atoms with Crippen LogP contribution >= 0.6 is 0 Å². The second-order valence-corrected chi connectivity index (χ2v) is 8.37. The zero-order valence-corrected chi connectivity index (χ0v) is 17.3. The summed E-state index contributed by atoms with van der Waals surface area (Å²) in [5.41, 5.74) is 3.04. The summed E-state index contributed by atoms with van der Waals surface area (Å²) in [5, 5.41) is 3.08. The molecule has 2 bridgehead atoms. The highest BCUT2D eigenvalue weighted by molar-refractivity contribution is 5.73. The molecule has 4 aliphatic heterocycles. The first-order chi connectivity index (χ1) is 14.7. The van der Waals surface area contributed by atoms with E-state index in [2.05, 4.69) is 16.3 Å². The molecule has 2 atom stereocenters. The molecular weight excluding hydrogens is 380 g/mol. The van der Waals surface area contributed by atoms with Gasteiger partial charge in [0.1, 0.15) is 17.6 Å². The van der Waals surface area contributed by atoms with Crippen molar-refractivity contribution >= 4 is 6.09 Å². The molecule has 4 heterocycles. The number of benzene rings is 2. The van der Waals surface area contributed by atoms with Crippen LogP contribution < -0.4 is 14.8 Å². The highest BCUT2D eigenvalue weighted by Gasteiger charge is 2.37. The van der Waals surface area contributed by atoms with Gasteiger partial charge in [-0.05, 0) is 49.5 Å². The molecule has 0 spiro atoms. The molecule has 1 N–H and O–H groups in total. The van der Waals surface area contributed by atoms with Crippen LogP contribution in [0.15, 0.2) is 42.5 Å². The summed E-state index contributed by atoms with van der Waals surface area (Å²) in [6.45, 7) is 3.69. The minimum Gasteiger partial charge on any atom is -0.496 e. The Morgan fingerprint density at radius 1 is 1.13 bits per heavy atom. The topological polar surface area (TPSA) is 60.0 Å². The quantitative estimate of drug-likeness (QED) is 0.829. The van der Waals surface area contributed by atoms with E-state index in [1.54, 1.807) is 7.11 Å². The number of amides is 1. The van der Waals surface area contributed by atoms with E-state index in [1.165, 1.54) is 0 Å². The third-order valence-electron chi connectivity index (χ3n) is 6.62. The van der Waals surface area contributed by atoms with Crippen molar-refractivity contribution < 1.29 is 19.0 Å². The Hall–Kier alpha value is -2.73. The number of methoxy groups -OCH3 is 1. The largest absolute Gasteiger partial charge is 0.496 e. The lowest BCUT2D eigenvalue weighted by Gasteiger charge is -2.44. The fraction of sp³-hybridized carbons (Fsp3) is 0.458. The van der Waals surface area contributed by atoms with Crippen LogP contribution in [0.5, 0.6) is 11.5 Å². The Morgan fingerprint density at radius 3 is 2.73 bits per heavy atom. The fourth-order valence-corrected chi connectivity index (χ4v) is 4.95. The lowest BCUT2D eigenvalue weighted by molar-refractivity contribution is -0.0342. The minimum atomic E-state index is -0.319. The molecule has 30 heavy (non-hydrogen) atoms. The zero-order chi connectivity index (χ0) is 20.5. The maximum absolute atomic E-state index is 12.6. The highest BCUT2D eigenvalue weighted by atomic mass is 16.6. The van der Waals surface area contributed by atoms with E-state index in [9.17, 15) is 4.79 Å². The van der Waals surface area contributed by atoms with Crippen molar-refractivity contribution in [1.82, 2.24) is 10.2 Å². The standard InChI is InChI=1S/C24H28N2O4/c1-28-21-5-3-2-4-18(21)17-6-7-19-20(10-13-29-22(19)14-17)25-24(27)30-23-15-26-11-8-16(23)9-12-26/h2-7,14,16,20,23H,8-13,15H2,1H3,(H,25,27)/t20?,23-/m0/s1. The third-order valence-corrected chi connectivity index (χ3v) is 6.62. The number of ether oxygens (including phenoxy) is 3. The number of nitrogens with zero attached hydrogens (tertiary/aromatic N) is 1. The summed E-state index contributed by atoms with van der Waals surface area (Å²) in [7, 11) is 1.68. The average molecular weight is 408 g/mol. The first-order valence-corrected chi connectivity index (χ1v) is 10.8. The van der Waals surface area contributed by atoms with Crippen LogP contribution in [0.2, 0.25) is 0 Å². The number of hydrogen-bond donors (Lipinski definition) is 1. The molecule has 2 aromatic rings. The number of fused-ring (bicyclic) bond motifs is 4. The van der Waals surface area contributed by atoms with Crippen molar-refractivity contribution in [2.75, 3.05) is 33.4 Å². The van der Waals surface area contributed by atoms with Gasteiger partial charge in [0.25, 0.3) is 0 Å². The van der Waals surface area contributed by atoms with Gasteiger partial charge < -0.3 is 19.5 Å². The molecule has 6 nitrogen and oxygen atoms in total. The van der Waals surface area contributed by atoms with Gasteiger partial charge in [-0.3, -0.25) is 4.90 Å². The van der Waals surface area contributed by atoms with E-state index in [4.69, 9.17) is 14.2 Å². The Kier molecular flexibility index (Phi) is 5.25. The molecule has 3 saturated heterocycles. The van der Waals surface area contributed by atoms with Gasteiger partial charge in [-0.15, -0.1) is 0 Å². The Labute approximate surface area is 177 Å². The van der Waals surface area contributed by atoms with E-state index in [-0.39, 0.29) is 18.2 Å². The van der Waals surface area contributed by atoms with Crippen molar-refractivity contribution in [2.45, 2.75) is 31.4 Å². The van der Waals surface area contributed by atoms with Gasteiger partial charge in [0.15, 0.2) is 0 Å². The first-order valence-electron chi connectivity index (χ1n) is 10.8. The zero-order valence-electron chi connectivity index (χ0n) is 17.3. The number of piperidine rings is 3. The molecule has 0 aromatic heterocycles. The predicted molar refractivity (Wildman–Crippen MR) is 114 cm³/mol. The van der Waals surface area contributed by atoms with Crippen LogP contribution in [0.3, 0.4) is 0 Å². The fourth-order valence-electron chi connectivity index (χ4n) is 4.95. The molecule has 6 rings (SSSR count). The predicted octanol–water partition coefficient (Wildman–Crippen LogP) is 4.01. The van der Waals surface area contributed by atoms with Gasteiger partial charge in [0.05, 0.1) is 19.8 Å². The van der Waals surface area contributed by atoms with Gasteiger partial charge in [-0.25, -0.2) is 4.79 Å². The van der Waals surface area contributed by atoms with E-state index in [0.717, 1.165) is 67.1 Å². The molecule has 0 aliphatic carbocycles. The second kappa shape index (κ2) is 8.19. The van der Waals surface area contributed by atoms with Crippen molar-refractivity contribution in [2.24, 2.45) is 5.92 Å². The van der Waals surface area contributed by atoms with Crippen LogP contribution in [0.25, 0.3) is 11.1 Å². The maximum atomic E-state index is 12.6. The number of para-hydroxylation sites is 1. The molecule has 0 radical (unpaired) electrons. The van der Waals surface area contributed by atoms with E-state index >= 15 is 0 Å². The maximum Gasteiger partial charge on any atom is 0.407 e. The minimum absolute atomic E-state index is 0.0136. The Morgan fingerprint density at radius 2 is 1.97 bits per heavy atom. The van der Waals surface area contributed by atoms with Gasteiger partial charge in [0.2, 0.25) is 0 Å². The first kappa shape index (κ1) is 19.2. The lowest BCUT2D eigenvalue weighted by Crippen LogP contribution is -2.52. The number of hydrogen-bond acceptors (Lipinski definition) is 5. The summed E-state index contributed by atoms with van der Waals surface area (Å²) < 4.78 is 17.2. The van der Waals surface area contributed by atoms with Crippen LogP contribution in [0.4, 0.5) is 4.79 Å². The number of carbonyl (C=O) groups is 1. The van der Waals surface area contributed by atoms with E-state index < -0.39 is 0 Å². The molecule has 6 heteroatoms. The summed E-state index contributed by atoms with van der Waals surface area (Å²) >= 11 is 0. The van der Waals surface area contributed by atoms with Crippen LogP contribution in [0, 0.1) is 5.92 Å². The molecular formula is C24H28N2O4. The third kappa shape index (κ3) is 3.72. The van der Waals surface area contributed by atoms with E-state index in [1.807, 2.05) is 36.4 Å². The normalized spacial score (nSPS) is 27.0. The highest BCUT2D eigenvalue weighted by Crippen LogP contribution is 2.38. The summed E-state index contributed by atoms with van der Waals surface area (Å²) in [5.74, 6) is 2.13. The summed E-state index contributed by atoms with van der Waals surface area (Å²) in [6, 6.07) is 13.9. The monoisotopic (exact) mass is 408 g/mol. The molecule has 2 aromatic carbocycles. The summed E-state index contributed by atoms with van der Waals surface area (Å²) in [4.78, 5) is 15.0. The molecule has 1 unspecified atom stereocenters. The number of nitrogens with one attached hydrogen (secondary N) is 1. The molecule has 158 valence electrons. The van der Waals surface area contributed by atoms with E-state index in [0.29, 0.717) is 12.5 Å². The number of carbonyl (C=O) groups excluding carboxylic acids is 1. The van der Waals surface area contributed by atoms with Crippen LogP contribution in [0.1, 0.15) is 30.9 Å². The van der Waals surface area contributed by atoms with Crippen molar-refractivity contribution in [3.8, 4) is 22.6 Å². The van der Waals surface area contributed by atoms with Crippen molar-refractivity contribution in [3.63, 3.8) is 0 Å². The number of rotatable bonds is 4. The van der Waals surface area contributed by atoms with Gasteiger partial charge in [-0.2, -0.15) is 0 Å². The second-order valence-electron chi connectivity index (χ2n) is 8.37.